The Bertz CT molecular complexity index is 795. The van der Waals surface area contributed by atoms with Gasteiger partial charge in [-0.25, -0.2) is 0 Å². The molecule has 108 valence electrons. The number of rotatable bonds is 3. The molecule has 0 aliphatic carbocycles. The van der Waals surface area contributed by atoms with Gasteiger partial charge in [0.1, 0.15) is 5.75 Å². The highest BCUT2D eigenvalue weighted by atomic mass is 127. The van der Waals surface area contributed by atoms with Gasteiger partial charge in [0.05, 0.1) is 5.69 Å². The van der Waals surface area contributed by atoms with E-state index in [1.54, 1.807) is 6.21 Å². The maximum atomic E-state index is 10.5. The summed E-state index contributed by atoms with van der Waals surface area (Å²) in [6, 6.07) is 23.5. The van der Waals surface area contributed by atoms with Crippen LogP contribution in [-0.4, -0.2) is 11.3 Å². The molecular weight excluding hydrogens is 385 g/mol. The third kappa shape index (κ3) is 3.36. The molecule has 0 aliphatic heterocycles. The Labute approximate surface area is 143 Å². The van der Waals surface area contributed by atoms with Gasteiger partial charge in [-0.3, -0.25) is 4.99 Å². The molecule has 0 spiro atoms. The monoisotopic (exact) mass is 399 g/mol. The Kier molecular flexibility index (Phi) is 4.53. The fraction of sp³-hybridized carbons (Fsp3) is 0. The fourth-order valence-corrected chi connectivity index (χ4v) is 2.55. The van der Waals surface area contributed by atoms with E-state index in [2.05, 4.69) is 27.6 Å². The molecular formula is C19H14INO. The molecule has 0 radical (unpaired) electrons. The van der Waals surface area contributed by atoms with Gasteiger partial charge in [0, 0.05) is 20.9 Å². The highest BCUT2D eigenvalue weighted by Gasteiger charge is 2.07. The summed E-state index contributed by atoms with van der Waals surface area (Å²) in [5.74, 6) is 0.253. The molecule has 3 heteroatoms. The minimum Gasteiger partial charge on any atom is -0.507 e. The number of phenols is 1. The average molecular weight is 399 g/mol. The predicted molar refractivity (Wildman–Crippen MR) is 100.0 cm³/mol. The highest BCUT2D eigenvalue weighted by Crippen LogP contribution is 2.31. The Balaban J connectivity index is 1.93. The van der Waals surface area contributed by atoms with Crippen LogP contribution in [-0.2, 0) is 0 Å². The summed E-state index contributed by atoms with van der Waals surface area (Å²) >= 11 is 2.26. The lowest BCUT2D eigenvalue weighted by molar-refractivity contribution is 0.476. The molecule has 1 N–H and O–H groups in total. The number of nitrogens with zero attached hydrogens (tertiary/aromatic N) is 1. The molecule has 0 unspecified atom stereocenters. The molecule has 0 heterocycles. The van der Waals surface area contributed by atoms with E-state index >= 15 is 0 Å². The van der Waals surface area contributed by atoms with E-state index in [-0.39, 0.29) is 5.75 Å². The summed E-state index contributed by atoms with van der Waals surface area (Å²) in [6.45, 7) is 0. The van der Waals surface area contributed by atoms with E-state index in [4.69, 9.17) is 0 Å². The number of aliphatic imine (C=N–C) groups is 1. The summed E-state index contributed by atoms with van der Waals surface area (Å²) in [5, 5.41) is 10.5. The van der Waals surface area contributed by atoms with Gasteiger partial charge in [0.15, 0.2) is 0 Å². The van der Waals surface area contributed by atoms with Crippen molar-refractivity contribution in [2.45, 2.75) is 0 Å². The first-order valence-electron chi connectivity index (χ1n) is 6.91. The maximum Gasteiger partial charge on any atom is 0.132 e. The minimum absolute atomic E-state index is 0.253. The third-order valence-electron chi connectivity index (χ3n) is 3.33. The van der Waals surface area contributed by atoms with E-state index < -0.39 is 0 Å². The number of benzene rings is 3. The van der Waals surface area contributed by atoms with Crippen LogP contribution in [0.15, 0.2) is 77.8 Å². The fourth-order valence-electron chi connectivity index (χ4n) is 2.19. The van der Waals surface area contributed by atoms with Crippen molar-refractivity contribution in [3.63, 3.8) is 0 Å². The maximum absolute atomic E-state index is 10.5. The molecule has 2 nitrogen and oxygen atoms in total. The first kappa shape index (κ1) is 14.8. The van der Waals surface area contributed by atoms with Crippen molar-refractivity contribution in [3.8, 4) is 16.9 Å². The molecule has 0 aromatic heterocycles. The lowest BCUT2D eigenvalue weighted by Gasteiger charge is -2.07. The van der Waals surface area contributed by atoms with Crippen LogP contribution >= 0.6 is 22.6 Å². The first-order valence-corrected chi connectivity index (χ1v) is 7.99. The minimum atomic E-state index is 0.253. The number of hydrogen-bond donors (Lipinski definition) is 1. The Morgan fingerprint density at radius 2 is 1.55 bits per heavy atom. The number of aromatic hydroxyl groups is 1. The lowest BCUT2D eigenvalue weighted by Crippen LogP contribution is -1.86. The Morgan fingerprint density at radius 1 is 0.818 bits per heavy atom. The molecule has 22 heavy (non-hydrogen) atoms. The summed E-state index contributed by atoms with van der Waals surface area (Å²) in [6.07, 6.45) is 1.70. The van der Waals surface area contributed by atoms with Crippen LogP contribution in [0, 0.1) is 3.57 Å². The summed E-state index contributed by atoms with van der Waals surface area (Å²) in [7, 11) is 0. The van der Waals surface area contributed by atoms with Gasteiger partial charge < -0.3 is 5.11 Å². The zero-order chi connectivity index (χ0) is 15.4. The zero-order valence-electron chi connectivity index (χ0n) is 11.8. The summed E-state index contributed by atoms with van der Waals surface area (Å²) in [4.78, 5) is 4.42. The quantitative estimate of drug-likeness (QED) is 0.463. The van der Waals surface area contributed by atoms with Gasteiger partial charge in [-0.15, -0.1) is 0 Å². The van der Waals surface area contributed by atoms with Crippen molar-refractivity contribution in [2.24, 2.45) is 4.99 Å². The van der Waals surface area contributed by atoms with Gasteiger partial charge in [-0.2, -0.15) is 0 Å². The Morgan fingerprint density at radius 3 is 2.27 bits per heavy atom. The predicted octanol–water partition coefficient (Wildman–Crippen LogP) is 5.41. The van der Waals surface area contributed by atoms with Crippen molar-refractivity contribution >= 4 is 34.5 Å². The lowest BCUT2D eigenvalue weighted by atomic mass is 10.0. The molecule has 0 saturated heterocycles. The third-order valence-corrected chi connectivity index (χ3v) is 4.05. The largest absolute Gasteiger partial charge is 0.507 e. The van der Waals surface area contributed by atoms with Crippen LogP contribution < -0.4 is 0 Å². The second kappa shape index (κ2) is 6.75. The highest BCUT2D eigenvalue weighted by molar-refractivity contribution is 14.1. The van der Waals surface area contributed by atoms with Crippen molar-refractivity contribution in [3.05, 3.63) is 81.9 Å². The van der Waals surface area contributed by atoms with E-state index in [0.29, 0.717) is 5.56 Å². The van der Waals surface area contributed by atoms with Crippen LogP contribution in [0.2, 0.25) is 0 Å². The smallest absolute Gasteiger partial charge is 0.132 e. The number of hydrogen-bond acceptors (Lipinski definition) is 2. The molecule has 3 rings (SSSR count). The second-order valence-electron chi connectivity index (χ2n) is 4.84. The molecule has 0 aliphatic rings. The van der Waals surface area contributed by atoms with Crippen LogP contribution in [0.3, 0.4) is 0 Å². The molecule has 0 saturated carbocycles. The molecule has 0 bridgehead atoms. The molecule has 0 atom stereocenters. The van der Waals surface area contributed by atoms with Crippen LogP contribution in [0.25, 0.3) is 11.1 Å². The standard InChI is InChI=1S/C19H14INO/c20-16-9-11-17(12-10-16)21-13-15-7-4-8-18(19(15)22)14-5-2-1-3-6-14/h1-13,22H. The molecule has 0 amide bonds. The zero-order valence-corrected chi connectivity index (χ0v) is 13.9. The second-order valence-corrected chi connectivity index (χ2v) is 6.09. The van der Waals surface area contributed by atoms with E-state index in [9.17, 15) is 5.11 Å². The molecule has 3 aromatic carbocycles. The van der Waals surface area contributed by atoms with Crippen LogP contribution in [0.5, 0.6) is 5.75 Å². The number of para-hydroxylation sites is 1. The average Bonchev–Trinajstić information content (AvgIpc) is 2.56. The van der Waals surface area contributed by atoms with Gasteiger partial charge >= 0.3 is 0 Å². The van der Waals surface area contributed by atoms with Gasteiger partial charge in [-0.1, -0.05) is 42.5 Å². The van der Waals surface area contributed by atoms with Gasteiger partial charge in [-0.05, 0) is 58.5 Å². The topological polar surface area (TPSA) is 32.6 Å². The first-order chi connectivity index (χ1) is 10.7. The summed E-state index contributed by atoms with van der Waals surface area (Å²) in [5.41, 5.74) is 3.38. The van der Waals surface area contributed by atoms with Crippen LogP contribution in [0.4, 0.5) is 5.69 Å². The molecule has 0 fully saturated rings. The Hall–Kier alpha value is -2.14. The van der Waals surface area contributed by atoms with E-state index in [1.165, 1.54) is 3.57 Å². The summed E-state index contributed by atoms with van der Waals surface area (Å²) < 4.78 is 1.17. The van der Waals surface area contributed by atoms with Crippen molar-refractivity contribution in [1.29, 1.82) is 0 Å². The van der Waals surface area contributed by atoms with Gasteiger partial charge in [0.25, 0.3) is 0 Å². The van der Waals surface area contributed by atoms with E-state index in [0.717, 1.165) is 16.8 Å². The van der Waals surface area contributed by atoms with Crippen molar-refractivity contribution in [1.82, 2.24) is 0 Å². The molecule has 3 aromatic rings. The SMILES string of the molecule is Oc1c(C=Nc2ccc(I)cc2)cccc1-c1ccccc1. The van der Waals surface area contributed by atoms with Crippen LogP contribution in [0.1, 0.15) is 5.56 Å². The van der Waals surface area contributed by atoms with Crippen molar-refractivity contribution in [2.75, 3.05) is 0 Å². The number of phenolic OH excluding ortho intramolecular Hbond substituents is 1. The number of halogens is 1. The van der Waals surface area contributed by atoms with Crippen molar-refractivity contribution < 1.29 is 5.11 Å². The normalized spacial score (nSPS) is 11.0. The van der Waals surface area contributed by atoms with E-state index in [1.807, 2.05) is 72.8 Å². The van der Waals surface area contributed by atoms with Gasteiger partial charge in [0.2, 0.25) is 0 Å².